The third-order valence-electron chi connectivity index (χ3n) is 6.55. The van der Waals surface area contributed by atoms with Crippen molar-refractivity contribution in [3.63, 3.8) is 0 Å². The normalized spacial score (nSPS) is 24.2. The van der Waals surface area contributed by atoms with Crippen molar-refractivity contribution in [3.8, 4) is 0 Å². The molecule has 33 heavy (non-hydrogen) atoms. The largest absolute Gasteiger partial charge is 0.384 e. The smallest absolute Gasteiger partial charge is 0.244 e. The quantitative estimate of drug-likeness (QED) is 0.532. The number of pyridine rings is 1. The fourth-order valence-corrected chi connectivity index (χ4v) is 7.76. The third-order valence-corrected chi connectivity index (χ3v) is 9.27. The van der Waals surface area contributed by atoms with Crippen LogP contribution in [-0.2, 0) is 26.1 Å². The van der Waals surface area contributed by atoms with Crippen LogP contribution in [0.25, 0.3) is 10.2 Å². The number of sulfonamides is 1. The van der Waals surface area contributed by atoms with Gasteiger partial charge in [-0.15, -0.1) is 11.3 Å². The van der Waals surface area contributed by atoms with Crippen molar-refractivity contribution < 1.29 is 17.9 Å². The number of carbonyl (C=O) groups is 1. The van der Waals surface area contributed by atoms with Crippen LogP contribution in [0.3, 0.4) is 0 Å². The molecular formula is C23H26N4O4S2. The molecule has 2 aromatic heterocycles. The SMILES string of the molecule is COC[C@H]1CN(Cc2ccccn2)C(=O)C2CCC[C@@H]1N2S(=O)(=O)c1ccc2ncsc2c1. The summed E-state index contributed by atoms with van der Waals surface area (Å²) in [6.07, 6.45) is 3.72. The van der Waals surface area contributed by atoms with Crippen molar-refractivity contribution in [1.29, 1.82) is 0 Å². The topological polar surface area (TPSA) is 92.7 Å². The molecule has 0 aliphatic carbocycles. The van der Waals surface area contributed by atoms with Crippen molar-refractivity contribution >= 4 is 37.5 Å². The summed E-state index contributed by atoms with van der Waals surface area (Å²) in [5, 5.41) is 0. The molecule has 0 spiro atoms. The number of hydrogen-bond donors (Lipinski definition) is 0. The summed E-state index contributed by atoms with van der Waals surface area (Å²) in [5.74, 6) is -0.290. The van der Waals surface area contributed by atoms with Crippen molar-refractivity contribution in [3.05, 3.63) is 53.8 Å². The van der Waals surface area contributed by atoms with Crippen LogP contribution in [0.15, 0.2) is 53.0 Å². The van der Waals surface area contributed by atoms with Gasteiger partial charge >= 0.3 is 0 Å². The number of fused-ring (bicyclic) bond motifs is 3. The number of methoxy groups -OCH3 is 1. The van der Waals surface area contributed by atoms with E-state index in [-0.39, 0.29) is 22.8 Å². The van der Waals surface area contributed by atoms with Gasteiger partial charge in [-0.1, -0.05) is 6.07 Å². The van der Waals surface area contributed by atoms with Crippen molar-refractivity contribution in [2.45, 2.75) is 42.8 Å². The van der Waals surface area contributed by atoms with E-state index >= 15 is 0 Å². The molecule has 1 amide bonds. The van der Waals surface area contributed by atoms with Crippen LogP contribution in [0.2, 0.25) is 0 Å². The summed E-state index contributed by atoms with van der Waals surface area (Å²) in [7, 11) is -2.28. The Labute approximate surface area is 197 Å². The Balaban J connectivity index is 1.55. The summed E-state index contributed by atoms with van der Waals surface area (Å²) >= 11 is 1.40. The standard InChI is InChI=1S/C23H26N4O4S2/c1-31-14-16-12-26(13-17-5-2-3-10-24-17)23(28)21-7-4-6-20(16)27(21)33(29,30)18-8-9-19-22(11-18)32-15-25-19/h2-3,5,8-11,15-16,20-21H,4,6-7,12-14H2,1H3/t16-,20+,21?/m1/s1. The van der Waals surface area contributed by atoms with Gasteiger partial charge in [0.1, 0.15) is 6.04 Å². The second-order valence-electron chi connectivity index (χ2n) is 8.59. The van der Waals surface area contributed by atoms with Crippen LogP contribution in [0.5, 0.6) is 0 Å². The molecule has 2 aliphatic heterocycles. The average molecular weight is 487 g/mol. The molecule has 0 radical (unpaired) electrons. The lowest BCUT2D eigenvalue weighted by Crippen LogP contribution is -2.55. The molecule has 0 N–H and O–H groups in total. The van der Waals surface area contributed by atoms with E-state index in [1.807, 2.05) is 18.2 Å². The maximum atomic E-state index is 14.0. The van der Waals surface area contributed by atoms with Crippen molar-refractivity contribution in [2.24, 2.45) is 5.92 Å². The van der Waals surface area contributed by atoms with Crippen LogP contribution in [0, 0.1) is 5.92 Å². The zero-order valence-electron chi connectivity index (χ0n) is 18.3. The van der Waals surface area contributed by atoms with Gasteiger partial charge in [-0.25, -0.2) is 13.4 Å². The molecule has 4 heterocycles. The van der Waals surface area contributed by atoms with E-state index in [2.05, 4.69) is 9.97 Å². The molecule has 8 nitrogen and oxygen atoms in total. The monoisotopic (exact) mass is 486 g/mol. The Bertz CT molecular complexity index is 1250. The van der Waals surface area contributed by atoms with E-state index in [1.165, 1.54) is 15.6 Å². The van der Waals surface area contributed by atoms with Crippen LogP contribution >= 0.6 is 11.3 Å². The maximum absolute atomic E-state index is 14.0. The molecule has 3 atom stereocenters. The predicted octanol–water partition coefficient (Wildman–Crippen LogP) is 2.91. The van der Waals surface area contributed by atoms with E-state index in [9.17, 15) is 13.2 Å². The average Bonchev–Trinajstić information content (AvgIpc) is 3.29. The van der Waals surface area contributed by atoms with Crippen molar-refractivity contribution in [2.75, 3.05) is 20.3 Å². The Morgan fingerprint density at radius 3 is 2.85 bits per heavy atom. The summed E-state index contributed by atoms with van der Waals surface area (Å²) in [4.78, 5) is 24.3. The fourth-order valence-electron chi connectivity index (χ4n) is 5.06. The van der Waals surface area contributed by atoms with Gasteiger partial charge in [0.25, 0.3) is 0 Å². The van der Waals surface area contributed by atoms with Crippen LogP contribution in [-0.4, -0.2) is 65.8 Å². The molecule has 0 saturated carbocycles. The Hall–Kier alpha value is -2.40. The number of aromatic nitrogens is 2. The number of thiazole rings is 1. The van der Waals surface area contributed by atoms with E-state index in [1.54, 1.807) is 41.9 Å². The Kier molecular flexibility index (Phi) is 6.17. The number of ether oxygens (including phenoxy) is 1. The highest BCUT2D eigenvalue weighted by Gasteiger charge is 2.50. The van der Waals surface area contributed by atoms with E-state index in [0.29, 0.717) is 32.5 Å². The highest BCUT2D eigenvalue weighted by Crippen LogP contribution is 2.38. The fraction of sp³-hybridized carbons (Fsp3) is 0.435. The number of hydrogen-bond acceptors (Lipinski definition) is 7. The second kappa shape index (κ2) is 9.09. The van der Waals surface area contributed by atoms with Gasteiger partial charge in [0.2, 0.25) is 15.9 Å². The van der Waals surface area contributed by atoms with E-state index in [4.69, 9.17) is 4.74 Å². The Morgan fingerprint density at radius 2 is 2.06 bits per heavy atom. The third kappa shape index (κ3) is 4.16. The van der Waals surface area contributed by atoms with Crippen LogP contribution in [0.1, 0.15) is 25.0 Å². The van der Waals surface area contributed by atoms with Gasteiger partial charge in [-0.3, -0.25) is 9.78 Å². The highest BCUT2D eigenvalue weighted by atomic mass is 32.2. The lowest BCUT2D eigenvalue weighted by Gasteiger charge is -2.40. The molecule has 10 heteroatoms. The second-order valence-corrected chi connectivity index (χ2v) is 11.3. The molecule has 2 fully saturated rings. The summed E-state index contributed by atoms with van der Waals surface area (Å²) in [6.45, 7) is 1.16. The molecular weight excluding hydrogens is 460 g/mol. The van der Waals surface area contributed by atoms with E-state index < -0.39 is 16.1 Å². The zero-order chi connectivity index (χ0) is 23.0. The lowest BCUT2D eigenvalue weighted by atomic mass is 9.91. The first kappa shape index (κ1) is 22.4. The van der Waals surface area contributed by atoms with Gasteiger partial charge in [0, 0.05) is 31.8 Å². The molecule has 1 unspecified atom stereocenters. The molecule has 2 bridgehead atoms. The van der Waals surface area contributed by atoms with Gasteiger partial charge in [0.15, 0.2) is 0 Å². The first-order valence-electron chi connectivity index (χ1n) is 11.0. The summed E-state index contributed by atoms with van der Waals surface area (Å²) in [5.41, 5.74) is 3.25. The minimum Gasteiger partial charge on any atom is -0.384 e. The zero-order valence-corrected chi connectivity index (χ0v) is 20.0. The number of benzene rings is 1. The maximum Gasteiger partial charge on any atom is 0.244 e. The minimum absolute atomic E-state index is 0.130. The number of nitrogens with zero attached hydrogens (tertiary/aromatic N) is 4. The highest BCUT2D eigenvalue weighted by molar-refractivity contribution is 7.89. The molecule has 5 rings (SSSR count). The van der Waals surface area contributed by atoms with E-state index in [0.717, 1.165) is 22.3 Å². The van der Waals surface area contributed by atoms with Gasteiger partial charge in [0.05, 0.1) is 39.5 Å². The molecule has 3 aromatic rings. The number of carbonyl (C=O) groups excluding carboxylic acids is 1. The summed E-state index contributed by atoms with van der Waals surface area (Å²) < 4.78 is 35.7. The minimum atomic E-state index is -3.90. The Morgan fingerprint density at radius 1 is 1.18 bits per heavy atom. The number of piperidine rings is 1. The lowest BCUT2D eigenvalue weighted by molar-refractivity contribution is -0.135. The molecule has 174 valence electrons. The van der Waals surface area contributed by atoms with Crippen LogP contribution < -0.4 is 0 Å². The number of rotatable bonds is 6. The van der Waals surface area contributed by atoms with Gasteiger partial charge < -0.3 is 9.64 Å². The summed E-state index contributed by atoms with van der Waals surface area (Å²) in [6, 6.07) is 9.58. The van der Waals surface area contributed by atoms with Gasteiger partial charge in [-0.05, 0) is 49.6 Å². The first-order chi connectivity index (χ1) is 16.0. The van der Waals surface area contributed by atoms with Crippen molar-refractivity contribution in [1.82, 2.24) is 19.2 Å². The van der Waals surface area contributed by atoms with Crippen LogP contribution in [0.4, 0.5) is 0 Å². The predicted molar refractivity (Wildman–Crippen MR) is 125 cm³/mol. The first-order valence-corrected chi connectivity index (χ1v) is 13.4. The number of amides is 1. The molecule has 2 saturated heterocycles. The molecule has 1 aromatic carbocycles. The van der Waals surface area contributed by atoms with Gasteiger partial charge in [-0.2, -0.15) is 4.31 Å². The molecule has 2 aliphatic rings.